The van der Waals surface area contributed by atoms with E-state index in [1.807, 2.05) is 24.3 Å². The minimum absolute atomic E-state index is 0. The maximum absolute atomic E-state index is 12.4. The molecule has 2 aliphatic rings. The summed E-state index contributed by atoms with van der Waals surface area (Å²) in [6, 6.07) is 7.52. The van der Waals surface area contributed by atoms with Gasteiger partial charge in [0.1, 0.15) is 0 Å². The summed E-state index contributed by atoms with van der Waals surface area (Å²) in [5.41, 5.74) is 1.95. The monoisotopic (exact) mass is 334 g/mol. The molecule has 1 saturated heterocycles. The molecule has 1 saturated carbocycles. The maximum Gasteiger partial charge on any atom is 0.228 e. The van der Waals surface area contributed by atoms with Crippen molar-refractivity contribution in [2.75, 3.05) is 18.4 Å². The molecule has 2 fully saturated rings. The molecule has 1 aliphatic carbocycles. The predicted molar refractivity (Wildman–Crippen MR) is 88.3 cm³/mol. The topological polar surface area (TPSA) is 80.1 Å². The Morgan fingerprint density at radius 3 is 2.65 bits per heavy atom. The van der Waals surface area contributed by atoms with Crippen LogP contribution in [-0.4, -0.2) is 29.1 Å². The Kier molecular flexibility index (Phi) is 4.37. The second kappa shape index (κ2) is 6.29. The molecule has 0 bridgehead atoms. The Balaban J connectivity index is 0.00000156. The number of hydrogen-bond donors (Lipinski definition) is 2. The molecule has 6 nitrogen and oxygen atoms in total. The number of anilines is 1. The van der Waals surface area contributed by atoms with E-state index in [0.717, 1.165) is 43.6 Å². The van der Waals surface area contributed by atoms with Crippen molar-refractivity contribution in [3.8, 4) is 11.4 Å². The highest BCUT2D eigenvalue weighted by Crippen LogP contribution is 2.58. The van der Waals surface area contributed by atoms with E-state index in [1.54, 1.807) is 0 Å². The normalized spacial score (nSPS) is 21.5. The molecule has 2 aromatic rings. The van der Waals surface area contributed by atoms with Crippen LogP contribution in [0.1, 0.15) is 19.3 Å². The van der Waals surface area contributed by atoms with Gasteiger partial charge in [0.15, 0.2) is 0 Å². The van der Waals surface area contributed by atoms with Gasteiger partial charge in [-0.1, -0.05) is 5.16 Å². The number of nitrogens with zero attached hydrogens (tertiary/aromatic N) is 2. The van der Waals surface area contributed by atoms with E-state index in [0.29, 0.717) is 5.82 Å². The van der Waals surface area contributed by atoms with Gasteiger partial charge >= 0.3 is 0 Å². The van der Waals surface area contributed by atoms with E-state index in [4.69, 9.17) is 4.52 Å². The van der Waals surface area contributed by atoms with Crippen molar-refractivity contribution in [3.63, 3.8) is 0 Å². The van der Waals surface area contributed by atoms with Crippen LogP contribution in [0, 0.1) is 11.3 Å². The molecule has 1 aromatic carbocycles. The van der Waals surface area contributed by atoms with E-state index in [9.17, 15) is 4.79 Å². The van der Waals surface area contributed by atoms with E-state index in [2.05, 4.69) is 20.8 Å². The zero-order valence-electron chi connectivity index (χ0n) is 12.6. The van der Waals surface area contributed by atoms with Crippen molar-refractivity contribution in [1.82, 2.24) is 15.5 Å². The van der Waals surface area contributed by atoms with Gasteiger partial charge in [-0.05, 0) is 62.0 Å². The zero-order chi connectivity index (χ0) is 15.0. The maximum atomic E-state index is 12.4. The highest BCUT2D eigenvalue weighted by molar-refractivity contribution is 5.95. The van der Waals surface area contributed by atoms with Crippen LogP contribution in [0.5, 0.6) is 0 Å². The third-order valence-electron chi connectivity index (χ3n) is 4.88. The summed E-state index contributed by atoms with van der Waals surface area (Å²) in [5.74, 6) is 0.870. The number of amides is 1. The molecule has 4 rings (SSSR count). The predicted octanol–water partition coefficient (Wildman–Crippen LogP) is 2.49. The third-order valence-corrected chi connectivity index (χ3v) is 4.88. The largest absolute Gasteiger partial charge is 0.342 e. The molecule has 122 valence electrons. The Hall–Kier alpha value is -1.92. The second-order valence-corrected chi connectivity index (χ2v) is 6.19. The first-order valence-corrected chi connectivity index (χ1v) is 7.65. The van der Waals surface area contributed by atoms with Gasteiger partial charge in [-0.2, -0.15) is 4.98 Å². The Morgan fingerprint density at radius 2 is 2.00 bits per heavy atom. The molecule has 2 heterocycles. The summed E-state index contributed by atoms with van der Waals surface area (Å²) in [7, 11) is 0. The Morgan fingerprint density at radius 1 is 1.26 bits per heavy atom. The molecule has 0 radical (unpaired) electrons. The second-order valence-electron chi connectivity index (χ2n) is 6.19. The van der Waals surface area contributed by atoms with Crippen LogP contribution in [-0.2, 0) is 4.79 Å². The van der Waals surface area contributed by atoms with Gasteiger partial charge < -0.3 is 15.2 Å². The number of nitrogens with one attached hydrogen (secondary N) is 2. The standard InChI is InChI=1S/C16H18N4O2.ClH/c21-15(13-9-16(13)5-7-17-8-6-16)19-12-3-1-11(2-4-12)14-18-10-22-20-14;/h1-4,10,13,17H,5-9H2,(H,19,21);1H. The third kappa shape index (κ3) is 3.09. The van der Waals surface area contributed by atoms with Crippen LogP contribution in [0.3, 0.4) is 0 Å². The smallest absolute Gasteiger partial charge is 0.228 e. The van der Waals surface area contributed by atoms with E-state index in [-0.39, 0.29) is 29.6 Å². The molecule has 1 unspecified atom stereocenters. The van der Waals surface area contributed by atoms with Gasteiger partial charge in [-0.25, -0.2) is 0 Å². The summed E-state index contributed by atoms with van der Waals surface area (Å²) >= 11 is 0. The molecule has 7 heteroatoms. The first kappa shape index (κ1) is 16.0. The number of benzene rings is 1. The highest BCUT2D eigenvalue weighted by Gasteiger charge is 2.57. The summed E-state index contributed by atoms with van der Waals surface area (Å²) in [6.45, 7) is 2.06. The lowest BCUT2D eigenvalue weighted by molar-refractivity contribution is -0.118. The summed E-state index contributed by atoms with van der Waals surface area (Å²) in [5, 5.41) is 10.2. The SMILES string of the molecule is Cl.O=C(Nc1ccc(-c2ncon2)cc1)C1CC12CCNCC2. The van der Waals surface area contributed by atoms with Crippen LogP contribution in [0.15, 0.2) is 35.2 Å². The van der Waals surface area contributed by atoms with Crippen molar-refractivity contribution in [2.24, 2.45) is 11.3 Å². The van der Waals surface area contributed by atoms with E-state index < -0.39 is 0 Å². The van der Waals surface area contributed by atoms with E-state index >= 15 is 0 Å². The molecule has 1 spiro atoms. The number of hydrogen-bond acceptors (Lipinski definition) is 5. The van der Waals surface area contributed by atoms with Crippen molar-refractivity contribution in [3.05, 3.63) is 30.7 Å². The van der Waals surface area contributed by atoms with Crippen LogP contribution in [0.25, 0.3) is 11.4 Å². The summed E-state index contributed by atoms with van der Waals surface area (Å²) < 4.78 is 4.73. The Bertz CT molecular complexity index is 666. The van der Waals surface area contributed by atoms with Crippen molar-refractivity contribution in [1.29, 1.82) is 0 Å². The Labute approximate surface area is 140 Å². The van der Waals surface area contributed by atoms with Gasteiger partial charge in [0.2, 0.25) is 18.1 Å². The fraction of sp³-hybridized carbons (Fsp3) is 0.438. The number of halogens is 1. The average molecular weight is 335 g/mol. The average Bonchev–Trinajstić information content (AvgIpc) is 3.00. The van der Waals surface area contributed by atoms with Gasteiger partial charge in [0.25, 0.3) is 0 Å². The molecule has 2 N–H and O–H groups in total. The van der Waals surface area contributed by atoms with Gasteiger partial charge in [-0.15, -0.1) is 12.4 Å². The molecule has 1 amide bonds. The van der Waals surface area contributed by atoms with Crippen molar-refractivity contribution < 1.29 is 9.32 Å². The summed E-state index contributed by atoms with van der Waals surface area (Å²) in [4.78, 5) is 16.4. The lowest BCUT2D eigenvalue weighted by Gasteiger charge is -2.23. The number of aromatic nitrogens is 2. The highest BCUT2D eigenvalue weighted by atomic mass is 35.5. The quantitative estimate of drug-likeness (QED) is 0.901. The molecular weight excluding hydrogens is 316 g/mol. The number of rotatable bonds is 3. The van der Waals surface area contributed by atoms with Gasteiger partial charge in [0, 0.05) is 17.2 Å². The van der Waals surface area contributed by atoms with Crippen molar-refractivity contribution in [2.45, 2.75) is 19.3 Å². The molecule has 23 heavy (non-hydrogen) atoms. The number of carbonyl (C=O) groups is 1. The van der Waals surface area contributed by atoms with Crippen LogP contribution in [0.2, 0.25) is 0 Å². The van der Waals surface area contributed by atoms with Crippen LogP contribution in [0.4, 0.5) is 5.69 Å². The fourth-order valence-corrected chi connectivity index (χ4v) is 3.43. The zero-order valence-corrected chi connectivity index (χ0v) is 13.4. The first-order chi connectivity index (χ1) is 10.8. The minimum atomic E-state index is 0. The van der Waals surface area contributed by atoms with Crippen LogP contribution >= 0.6 is 12.4 Å². The lowest BCUT2D eigenvalue weighted by Crippen LogP contribution is -2.31. The van der Waals surface area contributed by atoms with Gasteiger partial charge in [-0.3, -0.25) is 4.79 Å². The molecular formula is C16H19ClN4O2. The fourth-order valence-electron chi connectivity index (χ4n) is 3.43. The van der Waals surface area contributed by atoms with Gasteiger partial charge in [0.05, 0.1) is 0 Å². The van der Waals surface area contributed by atoms with Crippen LogP contribution < -0.4 is 10.6 Å². The molecule has 1 aliphatic heterocycles. The minimum Gasteiger partial charge on any atom is -0.342 e. The number of carbonyl (C=O) groups excluding carboxylic acids is 1. The van der Waals surface area contributed by atoms with Crippen molar-refractivity contribution >= 4 is 24.0 Å². The molecule has 1 atom stereocenters. The first-order valence-electron chi connectivity index (χ1n) is 7.65. The van der Waals surface area contributed by atoms with E-state index in [1.165, 1.54) is 6.39 Å². The molecule has 1 aromatic heterocycles. The number of piperidine rings is 1. The lowest BCUT2D eigenvalue weighted by atomic mass is 9.92. The summed E-state index contributed by atoms with van der Waals surface area (Å²) in [6.07, 6.45) is 4.56.